The predicted molar refractivity (Wildman–Crippen MR) is 87.7 cm³/mol. The van der Waals surface area contributed by atoms with E-state index in [1.54, 1.807) is 10.7 Å². The average Bonchev–Trinajstić information content (AvgIpc) is 3.03. The molecule has 0 aliphatic carbocycles. The quantitative estimate of drug-likeness (QED) is 0.794. The van der Waals surface area contributed by atoms with Gasteiger partial charge in [0.2, 0.25) is 0 Å². The van der Waals surface area contributed by atoms with Crippen molar-refractivity contribution in [3.05, 3.63) is 72.4 Å². The fourth-order valence-electron chi connectivity index (χ4n) is 2.24. The molecule has 1 heterocycles. The Labute approximate surface area is 129 Å². The molecule has 3 aromatic rings. The number of benzene rings is 2. The van der Waals surface area contributed by atoms with Gasteiger partial charge in [0, 0.05) is 24.4 Å². The number of aromatic nitrogens is 2. The van der Waals surface area contributed by atoms with Gasteiger partial charge in [0.05, 0.1) is 0 Å². The zero-order chi connectivity index (χ0) is 15.4. The van der Waals surface area contributed by atoms with Gasteiger partial charge < -0.3 is 5.32 Å². The summed E-state index contributed by atoms with van der Waals surface area (Å²) >= 11 is 0. The van der Waals surface area contributed by atoms with E-state index in [0.717, 1.165) is 17.7 Å². The summed E-state index contributed by atoms with van der Waals surface area (Å²) in [6.07, 6.45) is 1.84. The highest BCUT2D eigenvalue weighted by atomic mass is 16.1. The molecule has 0 radical (unpaired) electrons. The highest BCUT2D eigenvalue weighted by molar-refractivity contribution is 6.03. The predicted octanol–water partition coefficient (Wildman–Crippen LogP) is 3.82. The Morgan fingerprint density at radius 2 is 1.68 bits per heavy atom. The van der Waals surface area contributed by atoms with Crippen LogP contribution in [0.3, 0.4) is 0 Å². The van der Waals surface area contributed by atoms with Crippen LogP contribution in [0.25, 0.3) is 11.1 Å². The lowest BCUT2D eigenvalue weighted by Gasteiger charge is -2.05. The molecule has 22 heavy (non-hydrogen) atoms. The van der Waals surface area contributed by atoms with Crippen LogP contribution in [0.4, 0.5) is 5.82 Å². The molecule has 0 saturated carbocycles. The molecule has 0 aliphatic rings. The highest BCUT2D eigenvalue weighted by Gasteiger charge is 2.08. The van der Waals surface area contributed by atoms with Crippen molar-refractivity contribution in [1.29, 1.82) is 0 Å². The van der Waals surface area contributed by atoms with Crippen LogP contribution in [-0.4, -0.2) is 15.7 Å². The minimum absolute atomic E-state index is 0.152. The van der Waals surface area contributed by atoms with Crippen molar-refractivity contribution in [1.82, 2.24) is 9.78 Å². The molecule has 0 atom stereocenters. The van der Waals surface area contributed by atoms with Gasteiger partial charge in [0.1, 0.15) is 0 Å². The van der Waals surface area contributed by atoms with E-state index in [4.69, 9.17) is 0 Å². The molecule has 0 aliphatic heterocycles. The number of hydrogen-bond donors (Lipinski definition) is 1. The second-order valence-electron chi connectivity index (χ2n) is 4.95. The maximum atomic E-state index is 12.2. The number of nitrogens with one attached hydrogen (secondary N) is 1. The number of rotatable bonds is 4. The zero-order valence-electron chi connectivity index (χ0n) is 12.4. The summed E-state index contributed by atoms with van der Waals surface area (Å²) in [5, 5.41) is 7.05. The third-order valence-corrected chi connectivity index (χ3v) is 3.46. The van der Waals surface area contributed by atoms with Gasteiger partial charge in [-0.25, -0.2) is 0 Å². The SMILES string of the molecule is CCn1ccc(NC(=O)c2ccc(-c3ccccc3)cc2)n1. The largest absolute Gasteiger partial charge is 0.305 e. The molecule has 1 N–H and O–H groups in total. The maximum Gasteiger partial charge on any atom is 0.256 e. The zero-order valence-corrected chi connectivity index (χ0v) is 12.4. The van der Waals surface area contributed by atoms with Crippen LogP contribution >= 0.6 is 0 Å². The topological polar surface area (TPSA) is 46.9 Å². The van der Waals surface area contributed by atoms with Crippen LogP contribution in [0.1, 0.15) is 17.3 Å². The summed E-state index contributed by atoms with van der Waals surface area (Å²) in [7, 11) is 0. The summed E-state index contributed by atoms with van der Waals surface area (Å²) in [5.41, 5.74) is 2.84. The third-order valence-electron chi connectivity index (χ3n) is 3.46. The molecular formula is C18H17N3O. The molecule has 0 fully saturated rings. The summed E-state index contributed by atoms with van der Waals surface area (Å²) in [4.78, 5) is 12.2. The molecule has 4 nitrogen and oxygen atoms in total. The van der Waals surface area contributed by atoms with E-state index >= 15 is 0 Å². The van der Waals surface area contributed by atoms with E-state index in [2.05, 4.69) is 10.4 Å². The number of carbonyl (C=O) groups is 1. The summed E-state index contributed by atoms with van der Waals surface area (Å²) in [6.45, 7) is 2.78. The van der Waals surface area contributed by atoms with Gasteiger partial charge in [0.15, 0.2) is 5.82 Å². The molecule has 110 valence electrons. The Morgan fingerprint density at radius 3 is 2.32 bits per heavy atom. The molecule has 4 heteroatoms. The van der Waals surface area contributed by atoms with Gasteiger partial charge in [-0.15, -0.1) is 0 Å². The van der Waals surface area contributed by atoms with Crippen molar-refractivity contribution >= 4 is 11.7 Å². The third kappa shape index (κ3) is 3.06. The van der Waals surface area contributed by atoms with Crippen LogP contribution in [0.5, 0.6) is 0 Å². The molecular weight excluding hydrogens is 274 g/mol. The summed E-state index contributed by atoms with van der Waals surface area (Å²) in [5.74, 6) is 0.417. The van der Waals surface area contributed by atoms with Crippen molar-refractivity contribution in [2.45, 2.75) is 13.5 Å². The molecule has 1 aromatic heterocycles. The smallest absolute Gasteiger partial charge is 0.256 e. The Bertz CT molecular complexity index is 761. The van der Waals surface area contributed by atoms with Crippen LogP contribution in [0.15, 0.2) is 66.9 Å². The Balaban J connectivity index is 1.73. The first kappa shape index (κ1) is 14.1. The molecule has 0 unspecified atom stereocenters. The fraction of sp³-hybridized carbons (Fsp3) is 0.111. The first-order valence-electron chi connectivity index (χ1n) is 7.26. The average molecular weight is 291 g/mol. The van der Waals surface area contributed by atoms with Gasteiger partial charge in [0.25, 0.3) is 5.91 Å². The molecule has 0 saturated heterocycles. The van der Waals surface area contributed by atoms with Crippen molar-refractivity contribution < 1.29 is 4.79 Å². The van der Waals surface area contributed by atoms with Crippen molar-refractivity contribution in [2.75, 3.05) is 5.32 Å². The standard InChI is InChI=1S/C18H17N3O/c1-2-21-13-12-17(20-21)19-18(22)16-10-8-15(9-11-16)14-6-4-3-5-7-14/h3-13H,2H2,1H3,(H,19,20,22). The lowest BCUT2D eigenvalue weighted by Crippen LogP contribution is -2.12. The number of nitrogens with zero attached hydrogens (tertiary/aromatic N) is 2. The van der Waals surface area contributed by atoms with Gasteiger partial charge in [-0.05, 0) is 30.2 Å². The van der Waals surface area contributed by atoms with Crippen LogP contribution in [0, 0.1) is 0 Å². The lowest BCUT2D eigenvalue weighted by atomic mass is 10.0. The van der Waals surface area contributed by atoms with E-state index in [9.17, 15) is 4.79 Å². The lowest BCUT2D eigenvalue weighted by molar-refractivity contribution is 0.102. The van der Waals surface area contributed by atoms with E-state index in [0.29, 0.717) is 11.4 Å². The highest BCUT2D eigenvalue weighted by Crippen LogP contribution is 2.19. The van der Waals surface area contributed by atoms with E-state index in [-0.39, 0.29) is 5.91 Å². The Hall–Kier alpha value is -2.88. The Kier molecular flexibility index (Phi) is 4.01. The van der Waals surface area contributed by atoms with Crippen molar-refractivity contribution in [2.24, 2.45) is 0 Å². The summed E-state index contributed by atoms with van der Waals surface area (Å²) < 4.78 is 1.77. The molecule has 2 aromatic carbocycles. The van der Waals surface area contributed by atoms with Gasteiger partial charge in [-0.2, -0.15) is 5.10 Å². The minimum atomic E-state index is -0.152. The normalized spacial score (nSPS) is 10.4. The van der Waals surface area contributed by atoms with E-state index < -0.39 is 0 Å². The number of hydrogen-bond acceptors (Lipinski definition) is 2. The van der Waals surface area contributed by atoms with E-state index in [1.807, 2.05) is 67.7 Å². The van der Waals surface area contributed by atoms with Crippen LogP contribution < -0.4 is 5.32 Å². The first-order chi connectivity index (χ1) is 10.8. The second kappa shape index (κ2) is 6.26. The number of amides is 1. The molecule has 3 rings (SSSR count). The molecule has 0 bridgehead atoms. The molecule has 1 amide bonds. The fourth-order valence-corrected chi connectivity index (χ4v) is 2.24. The summed E-state index contributed by atoms with van der Waals surface area (Å²) in [6, 6.07) is 19.4. The number of anilines is 1. The second-order valence-corrected chi connectivity index (χ2v) is 4.95. The van der Waals surface area contributed by atoms with Gasteiger partial charge >= 0.3 is 0 Å². The Morgan fingerprint density at radius 1 is 1.00 bits per heavy atom. The van der Waals surface area contributed by atoms with Crippen molar-refractivity contribution in [3.63, 3.8) is 0 Å². The van der Waals surface area contributed by atoms with Gasteiger partial charge in [-0.3, -0.25) is 9.48 Å². The monoisotopic (exact) mass is 291 g/mol. The first-order valence-corrected chi connectivity index (χ1v) is 7.26. The van der Waals surface area contributed by atoms with Crippen molar-refractivity contribution in [3.8, 4) is 11.1 Å². The van der Waals surface area contributed by atoms with Gasteiger partial charge in [-0.1, -0.05) is 42.5 Å². The molecule has 0 spiro atoms. The minimum Gasteiger partial charge on any atom is -0.305 e. The maximum absolute atomic E-state index is 12.2. The van der Waals surface area contributed by atoms with Crippen LogP contribution in [-0.2, 0) is 6.54 Å². The number of aryl methyl sites for hydroxylation is 1. The van der Waals surface area contributed by atoms with Crippen LogP contribution in [0.2, 0.25) is 0 Å². The van der Waals surface area contributed by atoms with E-state index in [1.165, 1.54) is 0 Å². The number of carbonyl (C=O) groups excluding carboxylic acids is 1.